The predicted molar refractivity (Wildman–Crippen MR) is 81.7 cm³/mol. The molecule has 6 heteroatoms. The first kappa shape index (κ1) is 15.8. The maximum absolute atomic E-state index is 12.1. The minimum absolute atomic E-state index is 0.0131. The van der Waals surface area contributed by atoms with Crippen LogP contribution in [-0.2, 0) is 17.3 Å². The van der Waals surface area contributed by atoms with Crippen molar-refractivity contribution in [1.29, 1.82) is 0 Å². The van der Waals surface area contributed by atoms with Gasteiger partial charge in [0, 0.05) is 19.3 Å². The van der Waals surface area contributed by atoms with E-state index in [1.165, 1.54) is 0 Å². The summed E-state index contributed by atoms with van der Waals surface area (Å²) in [6.45, 7) is 3.42. The minimum atomic E-state index is -1.19. The topological polar surface area (TPSA) is 84.2 Å². The van der Waals surface area contributed by atoms with Gasteiger partial charge in [-0.15, -0.1) is 0 Å². The molecule has 0 spiro atoms. The van der Waals surface area contributed by atoms with Crippen LogP contribution in [0.1, 0.15) is 28.7 Å². The average molecular weight is 301 g/mol. The Hall–Kier alpha value is -2.63. The van der Waals surface area contributed by atoms with Crippen LogP contribution < -0.4 is 5.32 Å². The van der Waals surface area contributed by atoms with E-state index in [1.807, 2.05) is 13.0 Å². The number of aromatic nitrogens is 2. The fourth-order valence-electron chi connectivity index (χ4n) is 2.13. The number of aliphatic carboxylic acids is 1. The van der Waals surface area contributed by atoms with Crippen molar-refractivity contribution in [2.24, 2.45) is 7.05 Å². The molecule has 2 rings (SSSR count). The van der Waals surface area contributed by atoms with Gasteiger partial charge in [0.05, 0.1) is 0 Å². The lowest BCUT2D eigenvalue weighted by atomic mass is 9.82. The van der Waals surface area contributed by atoms with Crippen molar-refractivity contribution in [3.63, 3.8) is 0 Å². The van der Waals surface area contributed by atoms with Crippen molar-refractivity contribution >= 4 is 11.9 Å². The van der Waals surface area contributed by atoms with Gasteiger partial charge in [-0.05, 0) is 25.5 Å². The zero-order valence-corrected chi connectivity index (χ0v) is 12.8. The van der Waals surface area contributed by atoms with E-state index in [0.717, 1.165) is 5.69 Å². The van der Waals surface area contributed by atoms with Crippen LogP contribution in [0.4, 0.5) is 0 Å². The van der Waals surface area contributed by atoms with Crippen molar-refractivity contribution in [2.45, 2.75) is 19.3 Å². The van der Waals surface area contributed by atoms with Crippen LogP contribution in [0.25, 0.3) is 0 Å². The molecule has 0 saturated carbocycles. The van der Waals surface area contributed by atoms with Crippen LogP contribution in [-0.4, -0.2) is 33.3 Å². The molecule has 116 valence electrons. The maximum atomic E-state index is 12.1. The van der Waals surface area contributed by atoms with E-state index in [2.05, 4.69) is 10.4 Å². The molecular formula is C16H19N3O3. The summed E-state index contributed by atoms with van der Waals surface area (Å²) in [5.41, 5.74) is 0.579. The monoisotopic (exact) mass is 301 g/mol. The van der Waals surface area contributed by atoms with Gasteiger partial charge < -0.3 is 10.4 Å². The molecule has 0 saturated heterocycles. The summed E-state index contributed by atoms with van der Waals surface area (Å²) in [4.78, 5) is 23.8. The second-order valence-electron chi connectivity index (χ2n) is 5.48. The zero-order valence-electron chi connectivity index (χ0n) is 12.8. The molecule has 1 aromatic carbocycles. The Labute approximate surface area is 128 Å². The number of amides is 1. The van der Waals surface area contributed by atoms with Gasteiger partial charge in [0.25, 0.3) is 5.91 Å². The van der Waals surface area contributed by atoms with Crippen molar-refractivity contribution in [3.05, 3.63) is 53.3 Å². The normalized spacial score (nSPS) is 13.4. The summed E-state index contributed by atoms with van der Waals surface area (Å²) in [5, 5.41) is 16.3. The van der Waals surface area contributed by atoms with Gasteiger partial charge in [-0.1, -0.05) is 30.3 Å². The second-order valence-corrected chi connectivity index (χ2v) is 5.48. The number of carbonyl (C=O) groups is 2. The number of aryl methyl sites for hydroxylation is 2. The first-order valence-corrected chi connectivity index (χ1v) is 6.92. The molecule has 0 fully saturated rings. The zero-order chi connectivity index (χ0) is 16.3. The van der Waals surface area contributed by atoms with Crippen LogP contribution in [0, 0.1) is 6.92 Å². The van der Waals surface area contributed by atoms with E-state index >= 15 is 0 Å². The number of rotatable bonds is 5. The van der Waals surface area contributed by atoms with Crippen molar-refractivity contribution in [1.82, 2.24) is 15.1 Å². The Balaban J connectivity index is 2.16. The van der Waals surface area contributed by atoms with Gasteiger partial charge >= 0.3 is 5.97 Å². The van der Waals surface area contributed by atoms with Crippen LogP contribution in [0.5, 0.6) is 0 Å². The van der Waals surface area contributed by atoms with E-state index in [4.69, 9.17) is 0 Å². The number of nitrogens with one attached hydrogen (secondary N) is 1. The number of carboxylic acids is 1. The fourth-order valence-corrected chi connectivity index (χ4v) is 2.13. The first-order chi connectivity index (χ1) is 10.3. The number of carbonyl (C=O) groups excluding carboxylic acids is 1. The molecule has 2 aromatic rings. The Morgan fingerprint density at radius 3 is 2.45 bits per heavy atom. The molecule has 0 radical (unpaired) electrons. The Kier molecular flexibility index (Phi) is 4.30. The van der Waals surface area contributed by atoms with E-state index in [0.29, 0.717) is 5.56 Å². The van der Waals surface area contributed by atoms with Gasteiger partial charge in [0.1, 0.15) is 11.1 Å². The van der Waals surface area contributed by atoms with Crippen molar-refractivity contribution in [3.8, 4) is 0 Å². The third kappa shape index (κ3) is 3.00. The van der Waals surface area contributed by atoms with Gasteiger partial charge in [0.15, 0.2) is 0 Å². The second kappa shape index (κ2) is 6.01. The summed E-state index contributed by atoms with van der Waals surface area (Å²) in [5.74, 6) is -1.37. The first-order valence-electron chi connectivity index (χ1n) is 6.92. The lowest BCUT2D eigenvalue weighted by molar-refractivity contribution is -0.142. The molecule has 1 unspecified atom stereocenters. The minimum Gasteiger partial charge on any atom is -0.481 e. The van der Waals surface area contributed by atoms with Gasteiger partial charge in [-0.3, -0.25) is 14.3 Å². The molecule has 1 heterocycles. The van der Waals surface area contributed by atoms with Crippen LogP contribution >= 0.6 is 0 Å². The number of hydrogen-bond acceptors (Lipinski definition) is 3. The standard InChI is InChI=1S/C16H19N3O3/c1-11-9-13(18-19(11)3)14(20)17-10-16(2,15(21)22)12-7-5-4-6-8-12/h4-9H,10H2,1-3H3,(H,17,20)(H,21,22). The molecule has 6 nitrogen and oxygen atoms in total. The summed E-state index contributed by atoms with van der Waals surface area (Å²) in [6.07, 6.45) is 0. The highest BCUT2D eigenvalue weighted by Gasteiger charge is 2.35. The number of carboxylic acid groups (broad SMARTS) is 1. The van der Waals surface area contributed by atoms with Gasteiger partial charge in [-0.25, -0.2) is 0 Å². The summed E-state index contributed by atoms with van der Waals surface area (Å²) in [7, 11) is 1.75. The average Bonchev–Trinajstić information content (AvgIpc) is 2.84. The maximum Gasteiger partial charge on any atom is 0.315 e. The molecule has 0 aliphatic heterocycles. The molecular weight excluding hydrogens is 282 g/mol. The third-order valence-corrected chi connectivity index (χ3v) is 3.83. The molecule has 0 aliphatic carbocycles. The van der Waals surface area contributed by atoms with E-state index in [1.54, 1.807) is 49.0 Å². The highest BCUT2D eigenvalue weighted by molar-refractivity contribution is 5.93. The van der Waals surface area contributed by atoms with Crippen molar-refractivity contribution in [2.75, 3.05) is 6.54 Å². The summed E-state index contributed by atoms with van der Waals surface area (Å²) < 4.78 is 1.60. The summed E-state index contributed by atoms with van der Waals surface area (Å²) in [6, 6.07) is 10.5. The van der Waals surface area contributed by atoms with Crippen molar-refractivity contribution < 1.29 is 14.7 Å². The van der Waals surface area contributed by atoms with Gasteiger partial charge in [0.2, 0.25) is 0 Å². The lowest BCUT2D eigenvalue weighted by Crippen LogP contribution is -2.44. The SMILES string of the molecule is Cc1cc(C(=O)NCC(C)(C(=O)O)c2ccccc2)nn1C. The number of hydrogen-bond donors (Lipinski definition) is 2. The highest BCUT2D eigenvalue weighted by Crippen LogP contribution is 2.23. The van der Waals surface area contributed by atoms with E-state index in [-0.39, 0.29) is 18.1 Å². The molecule has 0 bridgehead atoms. The smallest absolute Gasteiger partial charge is 0.315 e. The van der Waals surface area contributed by atoms with Crippen LogP contribution in [0.2, 0.25) is 0 Å². The Bertz CT molecular complexity index is 674. The summed E-state index contributed by atoms with van der Waals surface area (Å²) >= 11 is 0. The highest BCUT2D eigenvalue weighted by atomic mass is 16.4. The largest absolute Gasteiger partial charge is 0.481 e. The van der Waals surface area contributed by atoms with E-state index in [9.17, 15) is 14.7 Å². The Morgan fingerprint density at radius 1 is 1.32 bits per heavy atom. The molecule has 0 aliphatic rings. The fraction of sp³-hybridized carbons (Fsp3) is 0.312. The Morgan fingerprint density at radius 2 is 1.95 bits per heavy atom. The third-order valence-electron chi connectivity index (χ3n) is 3.83. The quantitative estimate of drug-likeness (QED) is 0.876. The number of benzene rings is 1. The van der Waals surface area contributed by atoms with E-state index < -0.39 is 11.4 Å². The lowest BCUT2D eigenvalue weighted by Gasteiger charge is -2.25. The number of nitrogens with zero attached hydrogens (tertiary/aromatic N) is 2. The van der Waals surface area contributed by atoms with Gasteiger partial charge in [-0.2, -0.15) is 5.10 Å². The molecule has 1 atom stereocenters. The molecule has 22 heavy (non-hydrogen) atoms. The predicted octanol–water partition coefficient (Wildman–Crippen LogP) is 1.50. The van der Waals surface area contributed by atoms with Crippen LogP contribution in [0.3, 0.4) is 0 Å². The van der Waals surface area contributed by atoms with Crippen LogP contribution in [0.15, 0.2) is 36.4 Å². The molecule has 1 aromatic heterocycles. The molecule has 2 N–H and O–H groups in total. The molecule has 1 amide bonds.